The Balaban J connectivity index is 1.21. The summed E-state index contributed by atoms with van der Waals surface area (Å²) in [5, 5.41) is 9.16. The number of nitrogens with one attached hydrogen (secondary N) is 1. The number of likely N-dealkylation sites (tertiary alicyclic amines) is 1. The van der Waals surface area contributed by atoms with Gasteiger partial charge in [0.2, 0.25) is 0 Å². The maximum Gasteiger partial charge on any atom is 0.337 e. The number of fused-ring (bicyclic) bond motifs is 1. The molecular formula is C32H37N5O3. The molecule has 8 heteroatoms. The lowest BCUT2D eigenvalue weighted by molar-refractivity contribution is -0.0273. The molecule has 0 aromatic heterocycles. The van der Waals surface area contributed by atoms with Crippen LogP contribution >= 0.6 is 0 Å². The molecule has 0 radical (unpaired) electrons. The highest BCUT2D eigenvalue weighted by Crippen LogP contribution is 2.42. The quantitative estimate of drug-likeness (QED) is 0.504. The Kier molecular flexibility index (Phi) is 6.88. The number of carbonyl (C=O) groups is 1. The number of amides is 2. The fraction of sp³-hybridized carbons (Fsp3) is 0.375. The van der Waals surface area contributed by atoms with Crippen molar-refractivity contribution in [1.82, 2.24) is 15.2 Å². The number of carbonyl (C=O) groups excluding carboxylic acids is 1. The van der Waals surface area contributed by atoms with Crippen LogP contribution in [-0.2, 0) is 13.0 Å². The first-order chi connectivity index (χ1) is 19.4. The molecule has 1 atom stereocenters. The first kappa shape index (κ1) is 26.2. The van der Waals surface area contributed by atoms with E-state index in [0.29, 0.717) is 23.3 Å². The van der Waals surface area contributed by atoms with E-state index in [9.17, 15) is 4.79 Å². The van der Waals surface area contributed by atoms with Crippen molar-refractivity contribution in [3.63, 3.8) is 0 Å². The molecule has 1 unspecified atom stereocenters. The molecule has 2 amide bonds. The molecule has 3 aliphatic rings. The third-order valence-electron chi connectivity index (χ3n) is 8.35. The Morgan fingerprint density at radius 2 is 1.65 bits per heavy atom. The van der Waals surface area contributed by atoms with Crippen molar-refractivity contribution in [1.29, 1.82) is 0 Å². The van der Waals surface area contributed by atoms with Crippen molar-refractivity contribution < 1.29 is 14.3 Å². The van der Waals surface area contributed by atoms with Crippen LogP contribution in [0.5, 0.6) is 11.5 Å². The zero-order chi connectivity index (χ0) is 27.9. The van der Waals surface area contributed by atoms with Gasteiger partial charge in [0.1, 0.15) is 0 Å². The average molecular weight is 540 g/mol. The Morgan fingerprint density at radius 3 is 2.30 bits per heavy atom. The zero-order valence-electron chi connectivity index (χ0n) is 23.7. The van der Waals surface area contributed by atoms with Crippen molar-refractivity contribution in [3.8, 4) is 11.5 Å². The third kappa shape index (κ3) is 4.77. The van der Waals surface area contributed by atoms with Crippen molar-refractivity contribution in [2.75, 3.05) is 52.3 Å². The van der Waals surface area contributed by atoms with E-state index in [4.69, 9.17) is 14.6 Å². The largest absolute Gasteiger partial charge is 0.493 e. The van der Waals surface area contributed by atoms with Gasteiger partial charge in [-0.05, 0) is 48.7 Å². The molecule has 2 saturated heterocycles. The lowest BCUT2D eigenvalue weighted by atomic mass is 9.72. The predicted octanol–water partition coefficient (Wildman–Crippen LogP) is 4.36. The summed E-state index contributed by atoms with van der Waals surface area (Å²) in [6.45, 7) is 7.52. The molecule has 3 heterocycles. The summed E-state index contributed by atoms with van der Waals surface area (Å²) >= 11 is 0. The SMILES string of the molecule is CNC(=O)N1N=C(c2ccc(N3CC4(CN(Cc5ccccc5)C4)C3)cc2)c2cc(OC)c(OC)cc2CC1C. The highest BCUT2D eigenvalue weighted by molar-refractivity contribution is 6.14. The Bertz CT molecular complexity index is 1410. The van der Waals surface area contributed by atoms with Crippen LogP contribution in [-0.4, -0.2) is 75.1 Å². The van der Waals surface area contributed by atoms with Gasteiger partial charge in [0.25, 0.3) is 0 Å². The maximum absolute atomic E-state index is 12.8. The van der Waals surface area contributed by atoms with Gasteiger partial charge in [-0.3, -0.25) is 4.90 Å². The lowest BCUT2D eigenvalue weighted by Crippen LogP contribution is -2.71. The number of ether oxygens (including phenoxy) is 2. The molecule has 3 aromatic carbocycles. The number of nitrogens with zero attached hydrogens (tertiary/aromatic N) is 4. The minimum absolute atomic E-state index is 0.130. The van der Waals surface area contributed by atoms with Gasteiger partial charge >= 0.3 is 6.03 Å². The van der Waals surface area contributed by atoms with Crippen LogP contribution in [0.4, 0.5) is 10.5 Å². The standard InChI is InChI=1S/C32H37N5O3/c1-22-14-25-15-28(39-3)29(40-4)16-27(25)30(34-37(22)31(38)33-2)24-10-12-26(13-11-24)36-20-32(21-36)18-35(19-32)17-23-8-6-5-7-9-23/h5-13,15-16,22H,14,17-21H2,1-4H3,(H,33,38). The highest BCUT2D eigenvalue weighted by atomic mass is 16.5. The first-order valence-corrected chi connectivity index (χ1v) is 13.9. The van der Waals surface area contributed by atoms with Crippen LogP contribution in [0.2, 0.25) is 0 Å². The van der Waals surface area contributed by atoms with Crippen molar-refractivity contribution in [3.05, 3.63) is 89.0 Å². The molecule has 2 fully saturated rings. The van der Waals surface area contributed by atoms with Crippen LogP contribution < -0.4 is 19.7 Å². The van der Waals surface area contributed by atoms with Crippen LogP contribution in [0.25, 0.3) is 0 Å². The van der Waals surface area contributed by atoms with Gasteiger partial charge in [-0.25, -0.2) is 9.80 Å². The molecule has 0 saturated carbocycles. The second kappa shape index (κ2) is 10.5. The molecule has 1 N–H and O–H groups in total. The first-order valence-electron chi connectivity index (χ1n) is 13.9. The van der Waals surface area contributed by atoms with E-state index < -0.39 is 0 Å². The van der Waals surface area contributed by atoms with Gasteiger partial charge in [0.05, 0.1) is 26.0 Å². The minimum atomic E-state index is -0.235. The molecule has 6 rings (SSSR count). The van der Waals surface area contributed by atoms with Crippen LogP contribution in [0, 0.1) is 5.41 Å². The summed E-state index contributed by atoms with van der Waals surface area (Å²) in [5.41, 5.74) is 6.71. The number of anilines is 1. The number of benzene rings is 3. The van der Waals surface area contributed by atoms with Gasteiger partial charge < -0.3 is 19.7 Å². The smallest absolute Gasteiger partial charge is 0.337 e. The van der Waals surface area contributed by atoms with Crippen molar-refractivity contribution in [2.45, 2.75) is 25.9 Å². The maximum atomic E-state index is 12.8. The zero-order valence-corrected chi connectivity index (χ0v) is 23.7. The van der Waals surface area contributed by atoms with Crippen LogP contribution in [0.3, 0.4) is 0 Å². The summed E-state index contributed by atoms with van der Waals surface area (Å²) in [4.78, 5) is 17.8. The van der Waals surface area contributed by atoms with Gasteiger partial charge in [0.15, 0.2) is 11.5 Å². The second-order valence-corrected chi connectivity index (χ2v) is 11.3. The van der Waals surface area contributed by atoms with E-state index in [1.807, 2.05) is 19.1 Å². The number of hydrogen-bond acceptors (Lipinski definition) is 6. The van der Waals surface area contributed by atoms with E-state index >= 15 is 0 Å². The third-order valence-corrected chi connectivity index (χ3v) is 8.35. The van der Waals surface area contributed by atoms with E-state index in [1.165, 1.54) is 11.3 Å². The fourth-order valence-electron chi connectivity index (χ4n) is 6.38. The summed E-state index contributed by atoms with van der Waals surface area (Å²) in [6.07, 6.45) is 0.644. The summed E-state index contributed by atoms with van der Waals surface area (Å²) in [6, 6.07) is 22.9. The summed E-state index contributed by atoms with van der Waals surface area (Å²) < 4.78 is 11.2. The molecule has 40 heavy (non-hydrogen) atoms. The summed E-state index contributed by atoms with van der Waals surface area (Å²) in [5.74, 6) is 1.31. The molecule has 0 bridgehead atoms. The van der Waals surface area contributed by atoms with Crippen LogP contribution in [0.1, 0.15) is 29.2 Å². The number of rotatable bonds is 6. The molecular weight excluding hydrogens is 502 g/mol. The molecule has 208 valence electrons. The average Bonchev–Trinajstić information content (AvgIpc) is 3.08. The van der Waals surface area contributed by atoms with Gasteiger partial charge in [-0.1, -0.05) is 42.5 Å². The van der Waals surface area contributed by atoms with Gasteiger partial charge in [-0.15, -0.1) is 0 Å². The Hall–Kier alpha value is -4.04. The van der Waals surface area contributed by atoms with Crippen molar-refractivity contribution >= 4 is 17.4 Å². The topological polar surface area (TPSA) is 69.6 Å². The molecule has 1 spiro atoms. The number of hydrazone groups is 1. The number of methoxy groups -OCH3 is 2. The second-order valence-electron chi connectivity index (χ2n) is 11.3. The molecule has 8 nitrogen and oxygen atoms in total. The highest BCUT2D eigenvalue weighted by Gasteiger charge is 2.51. The van der Waals surface area contributed by atoms with Crippen LogP contribution in [0.15, 0.2) is 71.8 Å². The number of urea groups is 1. The van der Waals surface area contributed by atoms with E-state index in [2.05, 4.69) is 69.7 Å². The normalized spacial score (nSPS) is 19.6. The van der Waals surface area contributed by atoms with E-state index in [-0.39, 0.29) is 12.1 Å². The monoisotopic (exact) mass is 539 g/mol. The van der Waals surface area contributed by atoms with E-state index in [0.717, 1.165) is 55.1 Å². The van der Waals surface area contributed by atoms with Gasteiger partial charge in [0, 0.05) is 62.0 Å². The summed E-state index contributed by atoms with van der Waals surface area (Å²) in [7, 11) is 4.90. The number of hydrogen-bond donors (Lipinski definition) is 1. The Labute approximate surface area is 236 Å². The predicted molar refractivity (Wildman–Crippen MR) is 157 cm³/mol. The molecule has 0 aliphatic carbocycles. The minimum Gasteiger partial charge on any atom is -0.493 e. The van der Waals surface area contributed by atoms with Crippen molar-refractivity contribution in [2.24, 2.45) is 10.5 Å². The lowest BCUT2D eigenvalue weighted by Gasteiger charge is -2.61. The molecule has 3 aliphatic heterocycles. The fourth-order valence-corrected chi connectivity index (χ4v) is 6.38. The van der Waals surface area contributed by atoms with E-state index in [1.54, 1.807) is 26.3 Å². The van der Waals surface area contributed by atoms with Gasteiger partial charge in [-0.2, -0.15) is 5.10 Å². The Morgan fingerprint density at radius 1 is 0.975 bits per heavy atom. The molecule has 3 aromatic rings.